The third-order valence-corrected chi connectivity index (χ3v) is 3.65. The number of amides is 1. The van der Waals surface area contributed by atoms with E-state index in [1.165, 1.54) is 16.7 Å². The zero-order chi connectivity index (χ0) is 12.4. The molecule has 0 radical (unpaired) electrons. The predicted octanol–water partition coefficient (Wildman–Crippen LogP) is 2.34. The van der Waals surface area contributed by atoms with E-state index < -0.39 is 0 Å². The average Bonchev–Trinajstić information content (AvgIpc) is 2.67. The fourth-order valence-corrected chi connectivity index (χ4v) is 2.64. The molecule has 0 unspecified atom stereocenters. The largest absolute Gasteiger partial charge is 0.326 e. The quantitative estimate of drug-likeness (QED) is 0.793. The lowest BCUT2D eigenvalue weighted by molar-refractivity contribution is -0.116. The highest BCUT2D eigenvalue weighted by Crippen LogP contribution is 2.28. The molecule has 1 aromatic rings. The lowest BCUT2D eigenvalue weighted by Crippen LogP contribution is -2.19. The molecule has 0 saturated carbocycles. The molecular formula is C15H18N2O. The van der Waals surface area contributed by atoms with E-state index in [4.69, 9.17) is 0 Å². The Morgan fingerprint density at radius 1 is 1.06 bits per heavy atom. The van der Waals surface area contributed by atoms with Gasteiger partial charge in [0.15, 0.2) is 0 Å². The van der Waals surface area contributed by atoms with Crippen molar-refractivity contribution < 1.29 is 4.79 Å². The van der Waals surface area contributed by atoms with Gasteiger partial charge in [-0.15, -0.1) is 0 Å². The minimum atomic E-state index is 0.133. The maximum absolute atomic E-state index is 11.3. The number of anilines is 1. The van der Waals surface area contributed by atoms with Gasteiger partial charge in [-0.2, -0.15) is 0 Å². The third kappa shape index (κ3) is 2.31. The van der Waals surface area contributed by atoms with Crippen LogP contribution in [0.2, 0.25) is 0 Å². The van der Waals surface area contributed by atoms with Crippen molar-refractivity contribution in [3.05, 3.63) is 35.4 Å². The van der Waals surface area contributed by atoms with E-state index in [1.54, 1.807) is 0 Å². The maximum Gasteiger partial charge on any atom is 0.224 e. The van der Waals surface area contributed by atoms with Crippen molar-refractivity contribution in [1.82, 2.24) is 5.32 Å². The SMILES string of the molecule is O=C1CCc2cc(C3=CCCNCC3)ccc2N1. The molecule has 3 rings (SSSR count). The Labute approximate surface area is 107 Å². The van der Waals surface area contributed by atoms with Gasteiger partial charge in [-0.25, -0.2) is 0 Å². The molecule has 1 aromatic carbocycles. The Balaban J connectivity index is 1.89. The van der Waals surface area contributed by atoms with Crippen LogP contribution in [0.3, 0.4) is 0 Å². The van der Waals surface area contributed by atoms with Crippen molar-refractivity contribution in [2.45, 2.75) is 25.7 Å². The first-order chi connectivity index (χ1) is 8.83. The van der Waals surface area contributed by atoms with Crippen LogP contribution in [-0.4, -0.2) is 19.0 Å². The summed E-state index contributed by atoms with van der Waals surface area (Å²) in [5, 5.41) is 6.34. The van der Waals surface area contributed by atoms with Crippen molar-refractivity contribution in [3.8, 4) is 0 Å². The van der Waals surface area contributed by atoms with Gasteiger partial charge in [-0.3, -0.25) is 4.79 Å². The standard InChI is InChI=1S/C15H18N2O/c18-15-6-4-13-10-12(3-5-14(13)17-15)11-2-1-8-16-9-7-11/h2-3,5,10,16H,1,4,6-9H2,(H,17,18). The van der Waals surface area contributed by atoms with Crippen LogP contribution in [0, 0.1) is 0 Å². The van der Waals surface area contributed by atoms with Gasteiger partial charge in [0.25, 0.3) is 0 Å². The third-order valence-electron chi connectivity index (χ3n) is 3.65. The Hall–Kier alpha value is -1.61. The van der Waals surface area contributed by atoms with Crippen molar-refractivity contribution >= 4 is 17.2 Å². The van der Waals surface area contributed by atoms with Crippen LogP contribution >= 0.6 is 0 Å². The number of hydrogen-bond acceptors (Lipinski definition) is 2. The molecule has 0 bridgehead atoms. The van der Waals surface area contributed by atoms with E-state index in [0.717, 1.165) is 38.0 Å². The van der Waals surface area contributed by atoms with Gasteiger partial charge in [-0.1, -0.05) is 12.1 Å². The lowest BCUT2D eigenvalue weighted by atomic mass is 9.95. The maximum atomic E-state index is 11.3. The number of rotatable bonds is 1. The molecule has 1 amide bonds. The molecule has 2 aliphatic rings. The van der Waals surface area contributed by atoms with E-state index in [1.807, 2.05) is 6.07 Å². The fraction of sp³-hybridized carbons (Fsp3) is 0.400. The van der Waals surface area contributed by atoms with Crippen LogP contribution in [0.4, 0.5) is 5.69 Å². The number of hydrogen-bond donors (Lipinski definition) is 2. The summed E-state index contributed by atoms with van der Waals surface area (Å²) >= 11 is 0. The normalized spacial score (nSPS) is 19.6. The van der Waals surface area contributed by atoms with Gasteiger partial charge in [0.1, 0.15) is 0 Å². The summed E-state index contributed by atoms with van der Waals surface area (Å²) in [6.45, 7) is 2.13. The van der Waals surface area contributed by atoms with E-state index in [0.29, 0.717) is 6.42 Å². The molecule has 2 aliphatic heterocycles. The highest BCUT2D eigenvalue weighted by Gasteiger charge is 2.15. The smallest absolute Gasteiger partial charge is 0.224 e. The summed E-state index contributed by atoms with van der Waals surface area (Å²) in [5.74, 6) is 0.133. The van der Waals surface area contributed by atoms with Crippen LogP contribution in [0.1, 0.15) is 30.4 Å². The summed E-state index contributed by atoms with van der Waals surface area (Å²) in [4.78, 5) is 11.3. The van der Waals surface area contributed by atoms with Crippen molar-refractivity contribution in [2.75, 3.05) is 18.4 Å². The van der Waals surface area contributed by atoms with E-state index in [2.05, 4.69) is 28.8 Å². The van der Waals surface area contributed by atoms with Gasteiger partial charge in [0.2, 0.25) is 5.91 Å². The number of nitrogens with one attached hydrogen (secondary N) is 2. The Kier molecular flexibility index (Phi) is 3.15. The van der Waals surface area contributed by atoms with Gasteiger partial charge in [0, 0.05) is 12.1 Å². The summed E-state index contributed by atoms with van der Waals surface area (Å²) < 4.78 is 0. The number of carbonyl (C=O) groups excluding carboxylic acids is 1. The van der Waals surface area contributed by atoms with Gasteiger partial charge >= 0.3 is 0 Å². The van der Waals surface area contributed by atoms with Gasteiger partial charge in [0.05, 0.1) is 0 Å². The monoisotopic (exact) mass is 242 g/mol. The summed E-state index contributed by atoms with van der Waals surface area (Å²) in [6.07, 6.45) is 6.00. The summed E-state index contributed by atoms with van der Waals surface area (Å²) in [5.41, 5.74) is 5.00. The second kappa shape index (κ2) is 4.94. The number of fused-ring (bicyclic) bond motifs is 1. The molecule has 94 valence electrons. The Morgan fingerprint density at radius 2 is 2.00 bits per heavy atom. The summed E-state index contributed by atoms with van der Waals surface area (Å²) in [7, 11) is 0. The van der Waals surface area contributed by atoms with Crippen LogP contribution in [0.25, 0.3) is 5.57 Å². The van der Waals surface area contributed by atoms with Crippen LogP contribution in [0.5, 0.6) is 0 Å². The molecule has 3 nitrogen and oxygen atoms in total. The highest BCUT2D eigenvalue weighted by atomic mass is 16.1. The zero-order valence-corrected chi connectivity index (χ0v) is 10.5. The average molecular weight is 242 g/mol. The first kappa shape index (κ1) is 11.5. The van der Waals surface area contributed by atoms with Crippen molar-refractivity contribution in [2.24, 2.45) is 0 Å². The first-order valence-electron chi connectivity index (χ1n) is 6.66. The Bertz CT molecular complexity index is 505. The molecular weight excluding hydrogens is 224 g/mol. The molecule has 0 aromatic heterocycles. The fourth-order valence-electron chi connectivity index (χ4n) is 2.64. The molecule has 0 saturated heterocycles. The molecule has 2 N–H and O–H groups in total. The molecule has 0 fully saturated rings. The molecule has 18 heavy (non-hydrogen) atoms. The van der Waals surface area contributed by atoms with Crippen molar-refractivity contribution in [3.63, 3.8) is 0 Å². The number of carbonyl (C=O) groups is 1. The van der Waals surface area contributed by atoms with Gasteiger partial charge < -0.3 is 10.6 Å². The highest BCUT2D eigenvalue weighted by molar-refractivity contribution is 5.94. The van der Waals surface area contributed by atoms with Gasteiger partial charge in [-0.05, 0) is 61.2 Å². The molecule has 3 heteroatoms. The molecule has 0 aliphatic carbocycles. The topological polar surface area (TPSA) is 41.1 Å². The molecule has 0 spiro atoms. The van der Waals surface area contributed by atoms with Crippen LogP contribution < -0.4 is 10.6 Å². The molecule has 0 atom stereocenters. The molecule has 2 heterocycles. The summed E-state index contributed by atoms with van der Waals surface area (Å²) in [6, 6.07) is 6.41. The number of aryl methyl sites for hydroxylation is 1. The van der Waals surface area contributed by atoms with E-state index >= 15 is 0 Å². The van der Waals surface area contributed by atoms with Crippen LogP contribution in [0.15, 0.2) is 24.3 Å². The minimum Gasteiger partial charge on any atom is -0.326 e. The van der Waals surface area contributed by atoms with E-state index in [-0.39, 0.29) is 5.91 Å². The first-order valence-corrected chi connectivity index (χ1v) is 6.66. The second-order valence-electron chi connectivity index (χ2n) is 4.94. The van der Waals surface area contributed by atoms with Crippen molar-refractivity contribution in [1.29, 1.82) is 0 Å². The Morgan fingerprint density at radius 3 is 2.94 bits per heavy atom. The zero-order valence-electron chi connectivity index (χ0n) is 10.5. The predicted molar refractivity (Wildman–Crippen MR) is 73.5 cm³/mol. The lowest BCUT2D eigenvalue weighted by Gasteiger charge is -2.18. The van der Waals surface area contributed by atoms with E-state index in [9.17, 15) is 4.79 Å². The second-order valence-corrected chi connectivity index (χ2v) is 4.94. The van der Waals surface area contributed by atoms with Crippen LogP contribution in [-0.2, 0) is 11.2 Å². The number of benzene rings is 1. The minimum absolute atomic E-state index is 0.133.